The van der Waals surface area contributed by atoms with Gasteiger partial charge in [-0.2, -0.15) is 0 Å². The van der Waals surface area contributed by atoms with Crippen LogP contribution in [-0.4, -0.2) is 22.1 Å². The minimum absolute atomic E-state index is 0.127. The monoisotopic (exact) mass is 418 g/mol. The summed E-state index contributed by atoms with van der Waals surface area (Å²) in [5.41, 5.74) is 3.31. The lowest BCUT2D eigenvalue weighted by Crippen LogP contribution is -2.38. The number of fused-ring (bicyclic) bond motifs is 1. The Bertz CT molecular complexity index is 1190. The van der Waals surface area contributed by atoms with Crippen molar-refractivity contribution in [1.82, 2.24) is 10.3 Å². The van der Waals surface area contributed by atoms with Gasteiger partial charge in [-0.3, -0.25) is 4.79 Å². The van der Waals surface area contributed by atoms with E-state index in [-0.39, 0.29) is 12.4 Å². The summed E-state index contributed by atoms with van der Waals surface area (Å²) in [7, 11) is 0. The lowest BCUT2D eigenvalue weighted by Gasteiger charge is -2.15. The fraction of sp³-hybridized carbons (Fsp3) is 0.160. The number of para-hydroxylation sites is 1. The number of benzene rings is 3. The summed E-state index contributed by atoms with van der Waals surface area (Å²) in [6.07, 6.45) is 2.22. The average molecular weight is 418 g/mol. The van der Waals surface area contributed by atoms with E-state index in [4.69, 9.17) is 4.74 Å². The number of rotatable bonds is 9. The third kappa shape index (κ3) is 5.10. The highest BCUT2D eigenvalue weighted by atomic mass is 19.1. The van der Waals surface area contributed by atoms with Gasteiger partial charge in [0, 0.05) is 35.6 Å². The van der Waals surface area contributed by atoms with E-state index in [1.54, 1.807) is 24.3 Å². The molecule has 0 aliphatic heterocycles. The molecule has 1 atom stereocenters. The van der Waals surface area contributed by atoms with Gasteiger partial charge >= 0.3 is 5.97 Å². The molecule has 5 nitrogen and oxygen atoms in total. The van der Waals surface area contributed by atoms with Crippen LogP contribution in [0, 0.1) is 5.82 Å². The van der Waals surface area contributed by atoms with Crippen LogP contribution in [0.25, 0.3) is 10.9 Å². The predicted molar refractivity (Wildman–Crippen MR) is 117 cm³/mol. The molecular formula is C25H23FN2O3. The van der Waals surface area contributed by atoms with Gasteiger partial charge in [-0.1, -0.05) is 48.5 Å². The molecule has 4 aromatic rings. The van der Waals surface area contributed by atoms with Crippen molar-refractivity contribution in [3.8, 4) is 5.75 Å². The SMILES string of the molecule is O=C(O)[C@@H](Cc1c[nH]c2ccccc12)NCc1cccc(OCc2ccccc2F)c1. The second kappa shape index (κ2) is 9.45. The summed E-state index contributed by atoms with van der Waals surface area (Å²) < 4.78 is 19.5. The van der Waals surface area contributed by atoms with Gasteiger partial charge in [-0.05, 0) is 35.4 Å². The van der Waals surface area contributed by atoms with Crippen molar-refractivity contribution < 1.29 is 19.0 Å². The lowest BCUT2D eigenvalue weighted by molar-refractivity contribution is -0.139. The molecule has 0 radical (unpaired) electrons. The van der Waals surface area contributed by atoms with Gasteiger partial charge in [-0.25, -0.2) is 4.39 Å². The molecule has 0 saturated heterocycles. The number of H-pyrrole nitrogens is 1. The molecule has 0 fully saturated rings. The van der Waals surface area contributed by atoms with Crippen molar-refractivity contribution in [2.24, 2.45) is 0 Å². The minimum atomic E-state index is -0.905. The highest BCUT2D eigenvalue weighted by molar-refractivity contribution is 5.84. The highest BCUT2D eigenvalue weighted by Gasteiger charge is 2.19. The van der Waals surface area contributed by atoms with Crippen molar-refractivity contribution in [1.29, 1.82) is 0 Å². The molecule has 1 heterocycles. The number of nitrogens with one attached hydrogen (secondary N) is 2. The number of halogens is 1. The Kier molecular flexibility index (Phi) is 6.29. The van der Waals surface area contributed by atoms with E-state index >= 15 is 0 Å². The summed E-state index contributed by atoms with van der Waals surface area (Å²) in [6.45, 7) is 0.498. The van der Waals surface area contributed by atoms with E-state index in [2.05, 4.69) is 10.3 Å². The predicted octanol–water partition coefficient (Wildman–Crippen LogP) is 4.67. The van der Waals surface area contributed by atoms with Crippen molar-refractivity contribution in [2.75, 3.05) is 0 Å². The number of carboxylic acid groups (broad SMARTS) is 1. The number of aliphatic carboxylic acids is 1. The zero-order valence-electron chi connectivity index (χ0n) is 16.8. The van der Waals surface area contributed by atoms with Crippen LogP contribution in [0.2, 0.25) is 0 Å². The lowest BCUT2D eigenvalue weighted by atomic mass is 10.0. The molecule has 4 rings (SSSR count). The molecule has 0 aliphatic rings. The van der Waals surface area contributed by atoms with Crippen molar-refractivity contribution in [3.05, 3.63) is 102 Å². The number of ether oxygens (including phenoxy) is 1. The molecule has 0 saturated carbocycles. The third-order valence-electron chi connectivity index (χ3n) is 5.20. The van der Waals surface area contributed by atoms with Gasteiger partial charge in [-0.15, -0.1) is 0 Å². The van der Waals surface area contributed by atoms with Crippen molar-refractivity contribution in [3.63, 3.8) is 0 Å². The number of hydrogen-bond acceptors (Lipinski definition) is 3. The maximum atomic E-state index is 13.8. The summed E-state index contributed by atoms with van der Waals surface area (Å²) >= 11 is 0. The summed E-state index contributed by atoms with van der Waals surface area (Å²) in [4.78, 5) is 15.0. The zero-order chi connectivity index (χ0) is 21.6. The smallest absolute Gasteiger partial charge is 0.321 e. The molecule has 3 aromatic carbocycles. The molecule has 0 amide bonds. The fourth-order valence-electron chi connectivity index (χ4n) is 3.53. The van der Waals surface area contributed by atoms with Gasteiger partial charge in [0.25, 0.3) is 0 Å². The standard InChI is InChI=1S/C25H23FN2O3/c26-22-10-3-1-7-18(22)16-31-20-8-5-6-17(12-20)14-27-24(25(29)30)13-19-15-28-23-11-4-2-9-21(19)23/h1-12,15,24,27-28H,13-14,16H2,(H,29,30)/t24-/m1/s1. The number of hydrogen-bond donors (Lipinski definition) is 3. The van der Waals surface area contributed by atoms with Gasteiger partial charge in [0.15, 0.2) is 0 Å². The Balaban J connectivity index is 1.39. The van der Waals surface area contributed by atoms with Crippen molar-refractivity contribution >= 4 is 16.9 Å². The topological polar surface area (TPSA) is 74.3 Å². The Labute approximate surface area is 179 Å². The molecule has 0 aliphatic carbocycles. The van der Waals surface area contributed by atoms with Crippen LogP contribution in [-0.2, 0) is 24.4 Å². The summed E-state index contributed by atoms with van der Waals surface area (Å²) in [5, 5.41) is 13.8. The van der Waals surface area contributed by atoms with E-state index < -0.39 is 12.0 Å². The fourth-order valence-corrected chi connectivity index (χ4v) is 3.53. The first-order valence-corrected chi connectivity index (χ1v) is 10.1. The number of carbonyl (C=O) groups is 1. The van der Waals surface area contributed by atoms with Crippen LogP contribution in [0.5, 0.6) is 5.75 Å². The summed E-state index contributed by atoms with van der Waals surface area (Å²) in [5.74, 6) is -0.606. The maximum Gasteiger partial charge on any atom is 0.321 e. The molecule has 1 aromatic heterocycles. The second-order valence-electron chi connectivity index (χ2n) is 7.36. The molecule has 0 bridgehead atoms. The Morgan fingerprint density at radius 3 is 2.68 bits per heavy atom. The molecule has 3 N–H and O–H groups in total. The van der Waals surface area contributed by atoms with Crippen LogP contribution < -0.4 is 10.1 Å². The minimum Gasteiger partial charge on any atom is -0.489 e. The zero-order valence-corrected chi connectivity index (χ0v) is 16.8. The quantitative estimate of drug-likeness (QED) is 0.369. The maximum absolute atomic E-state index is 13.8. The Hall–Kier alpha value is -3.64. The highest BCUT2D eigenvalue weighted by Crippen LogP contribution is 2.20. The Morgan fingerprint density at radius 2 is 1.84 bits per heavy atom. The summed E-state index contributed by atoms with van der Waals surface area (Å²) in [6, 6.07) is 20.9. The normalized spacial score (nSPS) is 12.0. The van der Waals surface area contributed by atoms with E-state index in [0.717, 1.165) is 22.0 Å². The van der Waals surface area contributed by atoms with Crippen LogP contribution in [0.1, 0.15) is 16.7 Å². The van der Waals surface area contributed by atoms with Crippen LogP contribution in [0.15, 0.2) is 79.0 Å². The van der Waals surface area contributed by atoms with Gasteiger partial charge in [0.05, 0.1) is 0 Å². The van der Waals surface area contributed by atoms with E-state index in [1.165, 1.54) is 6.07 Å². The molecule has 0 spiro atoms. The van der Waals surface area contributed by atoms with Crippen LogP contribution in [0.3, 0.4) is 0 Å². The number of aromatic nitrogens is 1. The van der Waals surface area contributed by atoms with Crippen LogP contribution in [0.4, 0.5) is 4.39 Å². The van der Waals surface area contributed by atoms with Gasteiger partial charge in [0.2, 0.25) is 0 Å². The molecule has 0 unspecified atom stereocenters. The largest absolute Gasteiger partial charge is 0.489 e. The second-order valence-corrected chi connectivity index (χ2v) is 7.36. The molecule has 31 heavy (non-hydrogen) atoms. The van der Waals surface area contributed by atoms with Crippen molar-refractivity contribution in [2.45, 2.75) is 25.6 Å². The first-order chi connectivity index (χ1) is 15.1. The van der Waals surface area contributed by atoms with E-state index in [0.29, 0.717) is 24.3 Å². The van der Waals surface area contributed by atoms with Crippen LogP contribution >= 0.6 is 0 Å². The first-order valence-electron chi connectivity index (χ1n) is 10.1. The third-order valence-corrected chi connectivity index (χ3v) is 5.20. The molecular weight excluding hydrogens is 395 g/mol. The van der Waals surface area contributed by atoms with Gasteiger partial charge in [0.1, 0.15) is 24.2 Å². The number of aromatic amines is 1. The Morgan fingerprint density at radius 1 is 1.03 bits per heavy atom. The molecule has 158 valence electrons. The average Bonchev–Trinajstić information content (AvgIpc) is 3.19. The van der Waals surface area contributed by atoms with Gasteiger partial charge < -0.3 is 20.1 Å². The van der Waals surface area contributed by atoms with E-state index in [1.807, 2.05) is 48.7 Å². The first kappa shape index (κ1) is 20.6. The molecule has 6 heteroatoms. The van der Waals surface area contributed by atoms with E-state index in [9.17, 15) is 14.3 Å². The number of carboxylic acids is 1.